The molecule has 4 nitrogen and oxygen atoms in total. The van der Waals surface area contributed by atoms with Crippen molar-refractivity contribution in [2.75, 3.05) is 19.6 Å². The Kier molecular flexibility index (Phi) is 4.31. The average Bonchev–Trinajstić information content (AvgIpc) is 2.12. The molecule has 0 aromatic heterocycles. The highest BCUT2D eigenvalue weighted by Gasteiger charge is 2.34. The monoisotopic (exact) mass is 256 g/mol. The topological polar surface area (TPSA) is 32.8 Å². The number of amides is 1. The maximum atomic E-state index is 12.0. The summed E-state index contributed by atoms with van der Waals surface area (Å²) in [6, 6.07) is 0.367. The van der Waals surface area contributed by atoms with Gasteiger partial charge in [-0.15, -0.1) is 0 Å². The molecule has 1 heterocycles. The van der Waals surface area contributed by atoms with Crippen molar-refractivity contribution in [2.24, 2.45) is 0 Å². The molecule has 0 radical (unpaired) electrons. The van der Waals surface area contributed by atoms with Crippen molar-refractivity contribution in [1.82, 2.24) is 9.80 Å². The summed E-state index contributed by atoms with van der Waals surface area (Å²) >= 11 is 0. The third-order valence-electron chi connectivity index (χ3n) is 3.14. The highest BCUT2D eigenvalue weighted by atomic mass is 16.6. The van der Waals surface area contributed by atoms with Gasteiger partial charge in [-0.1, -0.05) is 0 Å². The first kappa shape index (κ1) is 15.3. The fourth-order valence-corrected chi connectivity index (χ4v) is 2.45. The zero-order valence-electron chi connectivity index (χ0n) is 12.9. The van der Waals surface area contributed by atoms with Crippen molar-refractivity contribution in [3.05, 3.63) is 0 Å². The van der Waals surface area contributed by atoms with Crippen molar-refractivity contribution in [3.8, 4) is 0 Å². The summed E-state index contributed by atoms with van der Waals surface area (Å²) in [5.41, 5.74) is -0.263. The SMILES string of the molecule is CC1CN(C(=O)OC(C)(C)C)CCN1C(C)(C)C. The number of ether oxygens (including phenoxy) is 1. The summed E-state index contributed by atoms with van der Waals surface area (Å²) in [7, 11) is 0. The van der Waals surface area contributed by atoms with Crippen molar-refractivity contribution >= 4 is 6.09 Å². The predicted octanol–water partition coefficient (Wildman–Crippen LogP) is 2.73. The van der Waals surface area contributed by atoms with E-state index in [-0.39, 0.29) is 11.6 Å². The maximum Gasteiger partial charge on any atom is 0.410 e. The molecule has 1 aliphatic rings. The molecule has 0 saturated carbocycles. The highest BCUT2D eigenvalue weighted by molar-refractivity contribution is 5.68. The van der Waals surface area contributed by atoms with Crippen LogP contribution in [-0.4, -0.2) is 52.7 Å². The minimum Gasteiger partial charge on any atom is -0.444 e. The lowest BCUT2D eigenvalue weighted by Crippen LogP contribution is -2.59. The van der Waals surface area contributed by atoms with Gasteiger partial charge in [0.15, 0.2) is 0 Å². The van der Waals surface area contributed by atoms with E-state index < -0.39 is 5.60 Å². The van der Waals surface area contributed by atoms with Crippen molar-refractivity contribution in [1.29, 1.82) is 0 Å². The van der Waals surface area contributed by atoms with Crippen LogP contribution in [0, 0.1) is 0 Å². The number of carbonyl (C=O) groups is 1. The van der Waals surface area contributed by atoms with Crippen LogP contribution < -0.4 is 0 Å². The van der Waals surface area contributed by atoms with Gasteiger partial charge in [0.25, 0.3) is 0 Å². The predicted molar refractivity (Wildman–Crippen MR) is 73.7 cm³/mol. The molecule has 1 atom stereocenters. The minimum atomic E-state index is -0.415. The van der Waals surface area contributed by atoms with E-state index in [1.165, 1.54) is 0 Å². The largest absolute Gasteiger partial charge is 0.444 e. The van der Waals surface area contributed by atoms with Gasteiger partial charge in [-0.2, -0.15) is 0 Å². The zero-order valence-corrected chi connectivity index (χ0v) is 12.9. The van der Waals surface area contributed by atoms with E-state index in [1.54, 1.807) is 0 Å². The Hall–Kier alpha value is -0.770. The third-order valence-corrected chi connectivity index (χ3v) is 3.14. The molecule has 106 valence electrons. The van der Waals surface area contributed by atoms with Gasteiger partial charge in [0, 0.05) is 31.2 Å². The van der Waals surface area contributed by atoms with Crippen LogP contribution >= 0.6 is 0 Å². The van der Waals surface area contributed by atoms with Gasteiger partial charge in [-0.25, -0.2) is 4.79 Å². The summed E-state index contributed by atoms with van der Waals surface area (Å²) in [5, 5.41) is 0. The van der Waals surface area contributed by atoms with Crippen molar-refractivity contribution in [2.45, 2.75) is 65.6 Å². The van der Waals surface area contributed by atoms with Crippen LogP contribution in [0.4, 0.5) is 4.79 Å². The van der Waals surface area contributed by atoms with Gasteiger partial charge in [0.05, 0.1) is 0 Å². The first-order valence-electron chi connectivity index (χ1n) is 6.75. The molecular formula is C14H28N2O2. The quantitative estimate of drug-likeness (QED) is 0.668. The van der Waals surface area contributed by atoms with Crippen LogP contribution in [0.15, 0.2) is 0 Å². The molecule has 1 amide bonds. The highest BCUT2D eigenvalue weighted by Crippen LogP contribution is 2.22. The van der Waals surface area contributed by atoms with E-state index in [0.717, 1.165) is 19.6 Å². The van der Waals surface area contributed by atoms with Gasteiger partial charge >= 0.3 is 6.09 Å². The molecule has 1 fully saturated rings. The standard InChI is InChI=1S/C14H28N2O2/c1-11-10-15(12(17)18-14(5,6)7)8-9-16(11)13(2,3)4/h11H,8-10H2,1-7H3. The second-order valence-electron chi connectivity index (χ2n) is 7.14. The first-order valence-corrected chi connectivity index (χ1v) is 6.75. The van der Waals surface area contributed by atoms with E-state index >= 15 is 0 Å². The second kappa shape index (κ2) is 5.08. The lowest BCUT2D eigenvalue weighted by molar-refractivity contribution is -0.0129. The second-order valence-corrected chi connectivity index (χ2v) is 7.14. The van der Waals surface area contributed by atoms with Crippen molar-refractivity contribution < 1.29 is 9.53 Å². The Bertz CT molecular complexity index is 302. The van der Waals surface area contributed by atoms with Gasteiger partial charge in [-0.3, -0.25) is 4.90 Å². The van der Waals surface area contributed by atoms with Crippen LogP contribution in [-0.2, 0) is 4.74 Å². The Morgan fingerprint density at radius 2 is 1.67 bits per heavy atom. The number of hydrogen-bond donors (Lipinski definition) is 0. The molecule has 4 heteroatoms. The van der Waals surface area contributed by atoms with Crippen LogP contribution in [0.2, 0.25) is 0 Å². The molecule has 0 aliphatic carbocycles. The summed E-state index contributed by atoms with van der Waals surface area (Å²) in [4.78, 5) is 16.3. The van der Waals surface area contributed by atoms with Gasteiger partial charge in [0.1, 0.15) is 5.60 Å². The molecule has 1 saturated heterocycles. The Labute approximate surface area is 111 Å². The molecule has 1 unspecified atom stereocenters. The average molecular weight is 256 g/mol. The van der Waals surface area contributed by atoms with Crippen molar-refractivity contribution in [3.63, 3.8) is 0 Å². The number of piperazine rings is 1. The minimum absolute atomic E-state index is 0.152. The molecule has 0 spiro atoms. The van der Waals surface area contributed by atoms with E-state index in [1.807, 2.05) is 25.7 Å². The fraction of sp³-hybridized carbons (Fsp3) is 0.929. The lowest BCUT2D eigenvalue weighted by Gasteiger charge is -2.46. The number of nitrogens with zero attached hydrogens (tertiary/aromatic N) is 2. The zero-order chi connectivity index (χ0) is 14.1. The molecule has 0 aromatic rings. The van der Waals surface area contributed by atoms with Gasteiger partial charge in [0.2, 0.25) is 0 Å². The van der Waals surface area contributed by atoms with Crippen LogP contribution in [0.5, 0.6) is 0 Å². The molecule has 0 N–H and O–H groups in total. The smallest absolute Gasteiger partial charge is 0.410 e. The molecule has 1 aliphatic heterocycles. The first-order chi connectivity index (χ1) is 8.00. The number of hydrogen-bond acceptors (Lipinski definition) is 3. The normalized spacial score (nSPS) is 23.1. The third kappa shape index (κ3) is 4.16. The van der Waals surface area contributed by atoms with E-state index in [2.05, 4.69) is 32.6 Å². The number of rotatable bonds is 0. The molecule has 18 heavy (non-hydrogen) atoms. The van der Waals surface area contributed by atoms with Crippen LogP contribution in [0.3, 0.4) is 0 Å². The van der Waals surface area contributed by atoms with E-state index in [9.17, 15) is 4.79 Å². The Morgan fingerprint density at radius 3 is 2.06 bits per heavy atom. The molecule has 1 rings (SSSR count). The fourth-order valence-electron chi connectivity index (χ4n) is 2.45. The maximum absolute atomic E-state index is 12.0. The number of carbonyl (C=O) groups excluding carboxylic acids is 1. The summed E-state index contributed by atoms with van der Waals surface area (Å²) in [5.74, 6) is 0. The Morgan fingerprint density at radius 1 is 1.11 bits per heavy atom. The van der Waals surface area contributed by atoms with E-state index in [0.29, 0.717) is 6.04 Å². The summed E-state index contributed by atoms with van der Waals surface area (Å²) in [6.07, 6.45) is -0.192. The van der Waals surface area contributed by atoms with Gasteiger partial charge in [-0.05, 0) is 48.5 Å². The summed E-state index contributed by atoms with van der Waals surface area (Å²) < 4.78 is 5.41. The van der Waals surface area contributed by atoms with Crippen LogP contribution in [0.1, 0.15) is 48.5 Å². The van der Waals surface area contributed by atoms with Crippen LogP contribution in [0.25, 0.3) is 0 Å². The van der Waals surface area contributed by atoms with Gasteiger partial charge < -0.3 is 9.64 Å². The Balaban J connectivity index is 2.59. The molecule has 0 aromatic carbocycles. The molecule has 0 bridgehead atoms. The lowest BCUT2D eigenvalue weighted by atomic mass is 10.0. The van der Waals surface area contributed by atoms with E-state index in [4.69, 9.17) is 4.74 Å². The summed E-state index contributed by atoms with van der Waals surface area (Å²) in [6.45, 7) is 16.9. The molecular weight excluding hydrogens is 228 g/mol.